The van der Waals surface area contributed by atoms with Crippen LogP contribution in [0.2, 0.25) is 0 Å². The summed E-state index contributed by atoms with van der Waals surface area (Å²) in [5.41, 5.74) is 0.428. The lowest BCUT2D eigenvalue weighted by Gasteiger charge is -2.19. The number of nitrogens with zero attached hydrogens (tertiary/aromatic N) is 1. The molecule has 0 bridgehead atoms. The highest BCUT2D eigenvalue weighted by molar-refractivity contribution is 5.77. The van der Waals surface area contributed by atoms with Gasteiger partial charge in [-0.05, 0) is 25.5 Å². The molecule has 2 unspecified atom stereocenters. The molecule has 1 amide bonds. The van der Waals surface area contributed by atoms with Gasteiger partial charge >= 0.3 is 0 Å². The molecule has 0 radical (unpaired) electrons. The van der Waals surface area contributed by atoms with Gasteiger partial charge in [-0.15, -0.1) is 0 Å². The first-order valence-corrected chi connectivity index (χ1v) is 6.69. The summed E-state index contributed by atoms with van der Waals surface area (Å²) in [5.74, 6) is 0.615. The number of hydrogen-bond acceptors (Lipinski definition) is 4. The summed E-state index contributed by atoms with van der Waals surface area (Å²) in [6.07, 6.45) is 0.972. The summed E-state index contributed by atoms with van der Waals surface area (Å²) < 4.78 is 10.7. The average molecular weight is 274 g/mol. The van der Waals surface area contributed by atoms with E-state index < -0.39 is 0 Å². The Morgan fingerprint density at radius 1 is 1.60 bits per heavy atom. The number of amides is 1. The van der Waals surface area contributed by atoms with Gasteiger partial charge in [0.1, 0.15) is 11.8 Å². The Kier molecular flexibility index (Phi) is 4.97. The normalized spacial score (nSPS) is 19.1. The Bertz CT molecular complexity index is 504. The minimum Gasteiger partial charge on any atom is -0.482 e. The predicted molar refractivity (Wildman–Crippen MR) is 73.2 cm³/mol. The van der Waals surface area contributed by atoms with Gasteiger partial charge in [0.2, 0.25) is 0 Å². The van der Waals surface area contributed by atoms with Crippen LogP contribution in [0.15, 0.2) is 24.3 Å². The number of para-hydroxylation sites is 1. The van der Waals surface area contributed by atoms with Gasteiger partial charge in [-0.3, -0.25) is 4.79 Å². The molecule has 1 aromatic carbocycles. The molecule has 106 valence electrons. The lowest BCUT2D eigenvalue weighted by molar-refractivity contribution is -0.124. The van der Waals surface area contributed by atoms with Crippen LogP contribution >= 0.6 is 0 Å². The molecule has 0 saturated carbocycles. The summed E-state index contributed by atoms with van der Waals surface area (Å²) >= 11 is 0. The van der Waals surface area contributed by atoms with Crippen LogP contribution in [-0.2, 0) is 9.53 Å². The Labute approximate surface area is 118 Å². The molecular formula is C15H18N2O3. The SMILES string of the molecule is CC(NC(=O)COc1ccccc1C#N)C1CCOC1. The van der Waals surface area contributed by atoms with Crippen LogP contribution in [0.3, 0.4) is 0 Å². The molecular weight excluding hydrogens is 256 g/mol. The third-order valence-corrected chi connectivity index (χ3v) is 3.43. The standard InChI is InChI=1S/C15H18N2O3/c1-11(13-6-7-19-9-13)17-15(18)10-20-14-5-3-2-4-12(14)8-16/h2-5,11,13H,6-7,9-10H2,1H3,(H,17,18). The molecule has 20 heavy (non-hydrogen) atoms. The van der Waals surface area contributed by atoms with E-state index >= 15 is 0 Å². The molecule has 2 rings (SSSR count). The molecule has 2 atom stereocenters. The molecule has 1 aliphatic rings. The van der Waals surface area contributed by atoms with Crippen molar-refractivity contribution in [3.05, 3.63) is 29.8 Å². The van der Waals surface area contributed by atoms with Crippen molar-refractivity contribution in [3.63, 3.8) is 0 Å². The molecule has 1 saturated heterocycles. The van der Waals surface area contributed by atoms with Gasteiger partial charge in [0.25, 0.3) is 5.91 Å². The van der Waals surface area contributed by atoms with Gasteiger partial charge in [-0.2, -0.15) is 5.26 Å². The topological polar surface area (TPSA) is 71.3 Å². The third-order valence-electron chi connectivity index (χ3n) is 3.43. The van der Waals surface area contributed by atoms with Crippen LogP contribution in [0.25, 0.3) is 0 Å². The quantitative estimate of drug-likeness (QED) is 0.882. The first-order chi connectivity index (χ1) is 9.70. The predicted octanol–water partition coefficient (Wildman–Crippen LogP) is 1.48. The van der Waals surface area contributed by atoms with Gasteiger partial charge in [0, 0.05) is 18.6 Å². The molecule has 0 aliphatic carbocycles. The maximum Gasteiger partial charge on any atom is 0.258 e. The van der Waals surface area contributed by atoms with Crippen LogP contribution in [0.5, 0.6) is 5.75 Å². The monoisotopic (exact) mass is 274 g/mol. The van der Waals surface area contributed by atoms with Gasteiger partial charge in [-0.1, -0.05) is 12.1 Å². The van der Waals surface area contributed by atoms with Crippen molar-refractivity contribution in [2.45, 2.75) is 19.4 Å². The Balaban J connectivity index is 1.81. The zero-order valence-electron chi connectivity index (χ0n) is 11.5. The van der Waals surface area contributed by atoms with Crippen molar-refractivity contribution < 1.29 is 14.3 Å². The van der Waals surface area contributed by atoms with Crippen LogP contribution in [0.4, 0.5) is 0 Å². The molecule has 1 aromatic rings. The van der Waals surface area contributed by atoms with E-state index in [4.69, 9.17) is 14.7 Å². The smallest absolute Gasteiger partial charge is 0.258 e. The second-order valence-corrected chi connectivity index (χ2v) is 4.88. The highest BCUT2D eigenvalue weighted by Crippen LogP contribution is 2.17. The van der Waals surface area contributed by atoms with Crippen molar-refractivity contribution in [3.8, 4) is 11.8 Å². The number of hydrogen-bond donors (Lipinski definition) is 1. The molecule has 5 heteroatoms. The molecule has 1 aliphatic heterocycles. The van der Waals surface area contributed by atoms with Gasteiger partial charge in [-0.25, -0.2) is 0 Å². The molecule has 0 spiro atoms. The number of benzene rings is 1. The second-order valence-electron chi connectivity index (χ2n) is 4.88. The number of carbonyl (C=O) groups is 1. The van der Waals surface area contributed by atoms with Crippen molar-refractivity contribution in [2.75, 3.05) is 19.8 Å². The number of rotatable bonds is 5. The van der Waals surface area contributed by atoms with E-state index in [-0.39, 0.29) is 18.6 Å². The zero-order valence-corrected chi connectivity index (χ0v) is 11.5. The third kappa shape index (κ3) is 3.72. The van der Waals surface area contributed by atoms with E-state index in [9.17, 15) is 4.79 Å². The van der Waals surface area contributed by atoms with Gasteiger partial charge in [0.15, 0.2) is 6.61 Å². The molecule has 5 nitrogen and oxygen atoms in total. The van der Waals surface area contributed by atoms with E-state index in [1.165, 1.54) is 0 Å². The van der Waals surface area contributed by atoms with Crippen LogP contribution in [-0.4, -0.2) is 31.8 Å². The van der Waals surface area contributed by atoms with Crippen LogP contribution in [0.1, 0.15) is 18.9 Å². The van der Waals surface area contributed by atoms with Crippen molar-refractivity contribution >= 4 is 5.91 Å². The van der Waals surface area contributed by atoms with Crippen molar-refractivity contribution in [1.82, 2.24) is 5.32 Å². The number of ether oxygens (including phenoxy) is 2. The Morgan fingerprint density at radius 2 is 2.40 bits per heavy atom. The minimum absolute atomic E-state index is 0.0693. The second kappa shape index (κ2) is 6.92. The fraction of sp³-hybridized carbons (Fsp3) is 0.467. The fourth-order valence-corrected chi connectivity index (χ4v) is 2.19. The summed E-state index contributed by atoms with van der Waals surface area (Å²) in [6, 6.07) is 8.97. The van der Waals surface area contributed by atoms with Crippen molar-refractivity contribution in [1.29, 1.82) is 5.26 Å². The Hall–Kier alpha value is -2.06. The van der Waals surface area contributed by atoms with Crippen molar-refractivity contribution in [2.24, 2.45) is 5.92 Å². The maximum atomic E-state index is 11.8. The van der Waals surface area contributed by atoms with Crippen LogP contribution < -0.4 is 10.1 Å². The fourth-order valence-electron chi connectivity index (χ4n) is 2.19. The van der Waals surface area contributed by atoms with Gasteiger partial charge < -0.3 is 14.8 Å². The lowest BCUT2D eigenvalue weighted by atomic mass is 10.0. The number of nitrogens with one attached hydrogen (secondary N) is 1. The highest BCUT2D eigenvalue weighted by atomic mass is 16.5. The Morgan fingerprint density at radius 3 is 3.10 bits per heavy atom. The summed E-state index contributed by atoms with van der Waals surface area (Å²) in [6.45, 7) is 3.34. The molecule has 0 aromatic heterocycles. The lowest BCUT2D eigenvalue weighted by Crippen LogP contribution is -2.40. The molecule has 1 heterocycles. The average Bonchev–Trinajstić information content (AvgIpc) is 2.99. The molecule has 1 N–H and O–H groups in total. The minimum atomic E-state index is -0.183. The first-order valence-electron chi connectivity index (χ1n) is 6.69. The summed E-state index contributed by atoms with van der Waals surface area (Å²) in [7, 11) is 0. The number of carbonyl (C=O) groups excluding carboxylic acids is 1. The maximum absolute atomic E-state index is 11.8. The first kappa shape index (κ1) is 14.4. The van der Waals surface area contributed by atoms with E-state index in [1.54, 1.807) is 24.3 Å². The van der Waals surface area contributed by atoms with Gasteiger partial charge in [0.05, 0.1) is 12.2 Å². The highest BCUT2D eigenvalue weighted by Gasteiger charge is 2.23. The van der Waals surface area contributed by atoms with Crippen LogP contribution in [0, 0.1) is 17.2 Å². The largest absolute Gasteiger partial charge is 0.482 e. The summed E-state index contributed by atoms with van der Waals surface area (Å²) in [5, 5.41) is 11.8. The summed E-state index contributed by atoms with van der Waals surface area (Å²) in [4.78, 5) is 11.8. The van der Waals surface area contributed by atoms with E-state index in [2.05, 4.69) is 5.32 Å². The van der Waals surface area contributed by atoms with E-state index in [0.29, 0.717) is 23.8 Å². The number of nitriles is 1. The van der Waals surface area contributed by atoms with E-state index in [1.807, 2.05) is 13.0 Å². The molecule has 1 fully saturated rings. The zero-order chi connectivity index (χ0) is 14.4. The van der Waals surface area contributed by atoms with E-state index in [0.717, 1.165) is 13.0 Å².